The number of aliphatic hydroxyl groups is 1. The van der Waals surface area contributed by atoms with E-state index in [1.54, 1.807) is 0 Å². The number of rotatable bonds is 78. The number of aliphatic hydroxyl groups excluding tert-OH is 1. The van der Waals surface area contributed by atoms with Gasteiger partial charge in [0.2, 0.25) is 0 Å². The molecule has 0 aliphatic rings. The smallest absolute Gasteiger partial charge is 0.462 e. The Hall–Kier alpha value is -1.94. The second kappa shape index (κ2) is 70.1. The van der Waals surface area contributed by atoms with E-state index in [0.29, 0.717) is 25.7 Å². The topological polar surface area (TPSA) is 237 Å². The quantitative estimate of drug-likeness (QED) is 0.0222. The van der Waals surface area contributed by atoms with Gasteiger partial charge in [0.25, 0.3) is 0 Å². The van der Waals surface area contributed by atoms with Crippen LogP contribution in [0.1, 0.15) is 415 Å². The number of phosphoric acid groups is 2. The number of carbonyl (C=O) groups is 4. The van der Waals surface area contributed by atoms with Crippen LogP contribution in [0.5, 0.6) is 0 Å². The van der Waals surface area contributed by atoms with Gasteiger partial charge in [-0.1, -0.05) is 364 Å². The van der Waals surface area contributed by atoms with Crippen LogP contribution >= 0.6 is 15.6 Å². The second-order valence-electron chi connectivity index (χ2n) is 30.6. The highest BCUT2D eigenvalue weighted by Gasteiger charge is 2.30. The van der Waals surface area contributed by atoms with E-state index in [2.05, 4.69) is 55.4 Å². The van der Waals surface area contributed by atoms with Gasteiger partial charge in [-0.05, 0) is 49.4 Å². The van der Waals surface area contributed by atoms with Gasteiger partial charge in [0.15, 0.2) is 12.2 Å². The number of unbranched alkanes of at least 4 members (excludes halogenated alkanes) is 42. The standard InChI is InChI=1S/C81H158O17P2/c1-9-73(7)59-51-43-35-29-31-38-46-54-62-79(84)92-68-77(98-81(86)64-56-48-40-32-30-36-44-52-60-74(8)10-2)70-96-100(89,90)94-66-75(82)65-93-99(87,88)95-69-76(97-80(85)63-55-47-39-28-24-20-16-12-14-18-22-26-34-42-50-58-72(5)6)67-91-78(83)61-53-45-37-27-23-19-15-11-13-17-21-25-33-41-49-57-71(3)4/h71-77,82H,9-70H2,1-8H3,(H,87,88)(H,89,90)/t73?,74?,75-,76-,77-/m1/s1. The summed E-state index contributed by atoms with van der Waals surface area (Å²) in [7, 11) is -9.92. The van der Waals surface area contributed by atoms with Gasteiger partial charge in [-0.25, -0.2) is 9.13 Å². The maximum absolute atomic E-state index is 13.1. The molecule has 0 aromatic rings. The summed E-state index contributed by atoms with van der Waals surface area (Å²) in [6.45, 7) is 14.3. The first-order chi connectivity index (χ1) is 48.2. The Kier molecular flexibility index (Phi) is 68.7. The van der Waals surface area contributed by atoms with Gasteiger partial charge in [0.05, 0.1) is 26.4 Å². The van der Waals surface area contributed by atoms with Crippen LogP contribution in [-0.2, 0) is 65.4 Å². The highest BCUT2D eigenvalue weighted by Crippen LogP contribution is 2.45. The Morgan fingerprint density at radius 2 is 0.480 bits per heavy atom. The number of ether oxygens (including phenoxy) is 4. The second-order valence-corrected chi connectivity index (χ2v) is 33.5. The van der Waals surface area contributed by atoms with Crippen LogP contribution in [0.3, 0.4) is 0 Å². The van der Waals surface area contributed by atoms with Gasteiger partial charge in [-0.15, -0.1) is 0 Å². The van der Waals surface area contributed by atoms with Crippen molar-refractivity contribution in [3.05, 3.63) is 0 Å². The monoisotopic (exact) mass is 1470 g/mol. The lowest BCUT2D eigenvalue weighted by atomic mass is 9.99. The van der Waals surface area contributed by atoms with E-state index in [0.717, 1.165) is 114 Å². The van der Waals surface area contributed by atoms with E-state index in [4.69, 9.17) is 37.0 Å². The Bertz CT molecular complexity index is 1960. The lowest BCUT2D eigenvalue weighted by molar-refractivity contribution is -0.161. The van der Waals surface area contributed by atoms with E-state index in [1.165, 1.54) is 218 Å². The molecule has 0 radical (unpaired) electrons. The predicted octanol–water partition coefficient (Wildman–Crippen LogP) is 24.0. The summed E-state index contributed by atoms with van der Waals surface area (Å²) in [6, 6.07) is 0. The fraction of sp³-hybridized carbons (Fsp3) is 0.951. The van der Waals surface area contributed by atoms with Gasteiger partial charge in [-0.2, -0.15) is 0 Å². The zero-order chi connectivity index (χ0) is 73.8. The molecule has 0 aromatic carbocycles. The molecule has 17 nitrogen and oxygen atoms in total. The third-order valence-corrected chi connectivity index (χ3v) is 21.4. The zero-order valence-corrected chi connectivity index (χ0v) is 67.6. The van der Waals surface area contributed by atoms with E-state index < -0.39 is 97.5 Å². The summed E-state index contributed by atoms with van der Waals surface area (Å²) in [5, 5.41) is 10.6. The Labute approximate surface area is 613 Å². The van der Waals surface area contributed by atoms with Crippen LogP contribution in [0.25, 0.3) is 0 Å². The molecule has 0 aliphatic heterocycles. The van der Waals surface area contributed by atoms with Crippen LogP contribution in [0.4, 0.5) is 0 Å². The fourth-order valence-electron chi connectivity index (χ4n) is 12.4. The summed E-state index contributed by atoms with van der Waals surface area (Å²) >= 11 is 0. The van der Waals surface area contributed by atoms with Crippen molar-refractivity contribution in [1.82, 2.24) is 0 Å². The first kappa shape index (κ1) is 98.1. The molecule has 0 aromatic heterocycles. The van der Waals surface area contributed by atoms with Crippen molar-refractivity contribution in [1.29, 1.82) is 0 Å². The fourth-order valence-corrected chi connectivity index (χ4v) is 13.9. The summed E-state index contributed by atoms with van der Waals surface area (Å²) in [5.41, 5.74) is 0. The van der Waals surface area contributed by atoms with Crippen molar-refractivity contribution in [2.45, 2.75) is 433 Å². The Morgan fingerprint density at radius 3 is 0.710 bits per heavy atom. The van der Waals surface area contributed by atoms with Crippen molar-refractivity contribution >= 4 is 39.5 Å². The molecule has 0 aliphatic carbocycles. The van der Waals surface area contributed by atoms with Crippen molar-refractivity contribution < 1.29 is 80.2 Å². The maximum Gasteiger partial charge on any atom is 0.472 e. The van der Waals surface area contributed by atoms with Gasteiger partial charge < -0.3 is 33.8 Å². The van der Waals surface area contributed by atoms with Crippen LogP contribution < -0.4 is 0 Å². The third kappa shape index (κ3) is 71.7. The molecule has 0 spiro atoms. The number of hydrogen-bond acceptors (Lipinski definition) is 15. The van der Waals surface area contributed by atoms with E-state index in [9.17, 15) is 43.2 Å². The molecule has 0 bridgehead atoms. The SMILES string of the molecule is CCC(C)CCCCCCCCCCC(=O)OC[C@H](COP(=O)(O)OC[C@H](O)COP(=O)(O)OC[C@@H](COC(=O)CCCCCCCCCCCCCCCCCC(C)C)OC(=O)CCCCCCCCCCCCCCCCCC(C)C)OC(=O)CCCCCCCCCCC(C)CC. The zero-order valence-electron chi connectivity index (χ0n) is 65.8. The molecule has 0 saturated heterocycles. The maximum atomic E-state index is 13.1. The molecule has 594 valence electrons. The van der Waals surface area contributed by atoms with E-state index >= 15 is 0 Å². The van der Waals surface area contributed by atoms with Crippen LogP contribution in [0, 0.1) is 23.7 Å². The molecule has 100 heavy (non-hydrogen) atoms. The Balaban J connectivity index is 5.26. The molecule has 0 rings (SSSR count). The van der Waals surface area contributed by atoms with Gasteiger partial charge in [0.1, 0.15) is 19.3 Å². The molecule has 0 amide bonds. The van der Waals surface area contributed by atoms with Crippen LogP contribution in [0.2, 0.25) is 0 Å². The minimum absolute atomic E-state index is 0.104. The van der Waals surface area contributed by atoms with E-state index in [-0.39, 0.29) is 25.7 Å². The predicted molar refractivity (Wildman–Crippen MR) is 409 cm³/mol. The van der Waals surface area contributed by atoms with Gasteiger partial charge >= 0.3 is 39.5 Å². The van der Waals surface area contributed by atoms with Crippen molar-refractivity contribution in [2.24, 2.45) is 23.7 Å². The average Bonchev–Trinajstić information content (AvgIpc) is 0.931. The summed E-state index contributed by atoms with van der Waals surface area (Å²) in [6.07, 6.45) is 56.8. The number of phosphoric ester groups is 2. The minimum Gasteiger partial charge on any atom is -0.462 e. The van der Waals surface area contributed by atoms with E-state index in [1.807, 2.05) is 0 Å². The molecule has 0 saturated carbocycles. The highest BCUT2D eigenvalue weighted by atomic mass is 31.2. The highest BCUT2D eigenvalue weighted by molar-refractivity contribution is 7.47. The van der Waals surface area contributed by atoms with Gasteiger partial charge in [0, 0.05) is 25.7 Å². The molecular weight excluding hydrogens is 1310 g/mol. The lowest BCUT2D eigenvalue weighted by Crippen LogP contribution is -2.30. The number of hydrogen-bond donors (Lipinski definition) is 3. The number of carbonyl (C=O) groups excluding carboxylic acids is 4. The van der Waals surface area contributed by atoms with Crippen molar-refractivity contribution in [3.63, 3.8) is 0 Å². The average molecular weight is 1470 g/mol. The molecule has 7 atom stereocenters. The molecule has 3 N–H and O–H groups in total. The summed E-state index contributed by atoms with van der Waals surface area (Å²) < 4.78 is 68.7. The molecule has 0 fully saturated rings. The molecular formula is C81H158O17P2. The van der Waals surface area contributed by atoms with Crippen LogP contribution in [-0.4, -0.2) is 96.7 Å². The van der Waals surface area contributed by atoms with Crippen LogP contribution in [0.15, 0.2) is 0 Å². The summed E-state index contributed by atoms with van der Waals surface area (Å²) in [4.78, 5) is 73.0. The number of esters is 4. The lowest BCUT2D eigenvalue weighted by Gasteiger charge is -2.21. The summed E-state index contributed by atoms with van der Waals surface area (Å²) in [5.74, 6) is 1.04. The normalized spacial score (nSPS) is 14.6. The third-order valence-electron chi connectivity index (χ3n) is 19.5. The van der Waals surface area contributed by atoms with Crippen molar-refractivity contribution in [3.8, 4) is 0 Å². The largest absolute Gasteiger partial charge is 0.472 e. The molecule has 4 unspecified atom stereocenters. The molecule has 19 heteroatoms. The van der Waals surface area contributed by atoms with Crippen molar-refractivity contribution in [2.75, 3.05) is 39.6 Å². The molecule has 0 heterocycles. The minimum atomic E-state index is -4.96. The first-order valence-electron chi connectivity index (χ1n) is 41.8. The van der Waals surface area contributed by atoms with Gasteiger partial charge in [-0.3, -0.25) is 37.3 Å². The first-order valence-corrected chi connectivity index (χ1v) is 44.8. The Morgan fingerprint density at radius 1 is 0.280 bits per heavy atom.